The molecule has 0 saturated carbocycles. The van der Waals surface area contributed by atoms with E-state index in [2.05, 4.69) is 5.32 Å². The van der Waals surface area contributed by atoms with Crippen molar-refractivity contribution in [1.82, 2.24) is 4.90 Å². The number of carbonyl (C=O) groups is 2. The van der Waals surface area contributed by atoms with Gasteiger partial charge in [0, 0.05) is 28.3 Å². The van der Waals surface area contributed by atoms with Crippen LogP contribution in [0.2, 0.25) is 10.0 Å². The Bertz CT molecular complexity index is 868. The summed E-state index contributed by atoms with van der Waals surface area (Å²) in [5, 5.41) is 3.63. The zero-order valence-corrected chi connectivity index (χ0v) is 16.8. The minimum absolute atomic E-state index is 0.0314. The van der Waals surface area contributed by atoms with Crippen molar-refractivity contribution < 1.29 is 19.1 Å². The predicted octanol–water partition coefficient (Wildman–Crippen LogP) is 3.79. The van der Waals surface area contributed by atoms with Gasteiger partial charge >= 0.3 is 0 Å². The number of benzene rings is 2. The molecule has 1 N–H and O–H groups in total. The Morgan fingerprint density at radius 2 is 1.75 bits per heavy atom. The molecular weight excluding hydrogens is 403 g/mol. The van der Waals surface area contributed by atoms with Crippen LogP contribution in [0.4, 0.5) is 5.69 Å². The van der Waals surface area contributed by atoms with Gasteiger partial charge in [0.2, 0.25) is 11.8 Å². The molecule has 2 aromatic rings. The van der Waals surface area contributed by atoms with Crippen molar-refractivity contribution in [2.45, 2.75) is 13.3 Å². The quantitative estimate of drug-likeness (QED) is 0.768. The van der Waals surface area contributed by atoms with E-state index in [0.717, 1.165) is 0 Å². The van der Waals surface area contributed by atoms with E-state index in [1.807, 2.05) is 6.92 Å². The van der Waals surface area contributed by atoms with Gasteiger partial charge in [-0.05, 0) is 36.8 Å². The van der Waals surface area contributed by atoms with Gasteiger partial charge in [-0.2, -0.15) is 0 Å². The molecule has 0 spiro atoms. The number of anilines is 1. The van der Waals surface area contributed by atoms with E-state index in [9.17, 15) is 9.59 Å². The lowest BCUT2D eigenvalue weighted by atomic mass is 10.1. The molecule has 28 heavy (non-hydrogen) atoms. The molecule has 0 radical (unpaired) electrons. The van der Waals surface area contributed by atoms with Gasteiger partial charge in [0.25, 0.3) is 0 Å². The monoisotopic (exact) mass is 422 g/mol. The summed E-state index contributed by atoms with van der Waals surface area (Å²) in [6, 6.07) is 10.3. The van der Waals surface area contributed by atoms with E-state index in [-0.39, 0.29) is 24.8 Å². The van der Waals surface area contributed by atoms with Crippen LogP contribution in [0.1, 0.15) is 12.5 Å². The number of amides is 2. The van der Waals surface area contributed by atoms with Gasteiger partial charge in [0.15, 0.2) is 11.5 Å². The second-order valence-corrected chi connectivity index (χ2v) is 7.01. The second-order valence-electron chi connectivity index (χ2n) is 6.19. The summed E-state index contributed by atoms with van der Waals surface area (Å²) in [5.41, 5.74) is 1.13. The second kappa shape index (κ2) is 9.17. The number of rotatable bonds is 6. The number of ether oxygens (including phenoxy) is 2. The molecule has 2 amide bonds. The Balaban J connectivity index is 1.62. The Hall–Kier alpha value is -2.44. The summed E-state index contributed by atoms with van der Waals surface area (Å²) in [6.45, 7) is 3.08. The lowest BCUT2D eigenvalue weighted by molar-refractivity contribution is -0.133. The maximum absolute atomic E-state index is 12.6. The molecule has 2 aromatic carbocycles. The third-order valence-corrected chi connectivity index (χ3v) is 4.99. The molecule has 0 aromatic heterocycles. The minimum Gasteiger partial charge on any atom is -0.486 e. The van der Waals surface area contributed by atoms with Crippen LogP contribution in [0.5, 0.6) is 11.5 Å². The normalized spacial score (nSPS) is 12.4. The molecule has 0 bridgehead atoms. The molecule has 0 atom stereocenters. The Kier molecular flexibility index (Phi) is 6.65. The zero-order chi connectivity index (χ0) is 20.1. The molecular formula is C20H20Cl2N2O4. The van der Waals surface area contributed by atoms with Crippen LogP contribution >= 0.6 is 23.2 Å². The van der Waals surface area contributed by atoms with Gasteiger partial charge in [0.05, 0.1) is 13.0 Å². The van der Waals surface area contributed by atoms with Gasteiger partial charge in [0.1, 0.15) is 13.2 Å². The van der Waals surface area contributed by atoms with Gasteiger partial charge in [-0.15, -0.1) is 0 Å². The average molecular weight is 423 g/mol. The summed E-state index contributed by atoms with van der Waals surface area (Å²) in [4.78, 5) is 26.5. The van der Waals surface area contributed by atoms with Crippen LogP contribution in [0.25, 0.3) is 0 Å². The Labute approximate surface area is 173 Å². The third kappa shape index (κ3) is 4.88. The maximum Gasteiger partial charge on any atom is 0.243 e. The topological polar surface area (TPSA) is 67.9 Å². The molecule has 8 heteroatoms. The number of fused-ring (bicyclic) bond motifs is 1. The number of hydrogen-bond acceptors (Lipinski definition) is 4. The largest absolute Gasteiger partial charge is 0.486 e. The smallest absolute Gasteiger partial charge is 0.243 e. The van der Waals surface area contributed by atoms with Crippen molar-refractivity contribution in [2.75, 3.05) is 31.6 Å². The number of carbonyl (C=O) groups excluding carboxylic acids is 2. The highest BCUT2D eigenvalue weighted by atomic mass is 35.5. The van der Waals surface area contributed by atoms with Crippen molar-refractivity contribution in [2.24, 2.45) is 0 Å². The molecule has 6 nitrogen and oxygen atoms in total. The fourth-order valence-electron chi connectivity index (χ4n) is 2.84. The van der Waals surface area contributed by atoms with Crippen molar-refractivity contribution in [1.29, 1.82) is 0 Å². The molecule has 0 unspecified atom stereocenters. The van der Waals surface area contributed by atoms with E-state index in [1.165, 1.54) is 4.90 Å². The molecule has 1 heterocycles. The predicted molar refractivity (Wildman–Crippen MR) is 108 cm³/mol. The van der Waals surface area contributed by atoms with Gasteiger partial charge in [-0.25, -0.2) is 0 Å². The van der Waals surface area contributed by atoms with Crippen LogP contribution in [0, 0.1) is 0 Å². The van der Waals surface area contributed by atoms with E-state index < -0.39 is 0 Å². The molecule has 148 valence electrons. The molecule has 0 fully saturated rings. The van der Waals surface area contributed by atoms with Crippen molar-refractivity contribution in [3.8, 4) is 11.5 Å². The molecule has 1 aliphatic rings. The Morgan fingerprint density at radius 1 is 1.07 bits per heavy atom. The zero-order valence-electron chi connectivity index (χ0n) is 15.3. The average Bonchev–Trinajstić information content (AvgIpc) is 2.68. The van der Waals surface area contributed by atoms with Crippen LogP contribution < -0.4 is 14.8 Å². The summed E-state index contributed by atoms with van der Waals surface area (Å²) in [6.07, 6.45) is 0.0314. The van der Waals surface area contributed by atoms with E-state index in [1.54, 1.807) is 36.4 Å². The molecule has 3 rings (SSSR count). The van der Waals surface area contributed by atoms with Crippen LogP contribution in [-0.2, 0) is 16.0 Å². The van der Waals surface area contributed by atoms with Crippen LogP contribution in [-0.4, -0.2) is 43.0 Å². The number of halogens is 2. The lowest BCUT2D eigenvalue weighted by Crippen LogP contribution is -2.38. The molecule has 1 aliphatic heterocycles. The number of nitrogens with zero attached hydrogens (tertiary/aromatic N) is 1. The van der Waals surface area contributed by atoms with E-state index in [4.69, 9.17) is 32.7 Å². The van der Waals surface area contributed by atoms with Crippen molar-refractivity contribution in [3.63, 3.8) is 0 Å². The number of hydrogen-bond donors (Lipinski definition) is 1. The first-order chi connectivity index (χ1) is 13.5. The first-order valence-electron chi connectivity index (χ1n) is 8.88. The van der Waals surface area contributed by atoms with Crippen molar-refractivity contribution >= 4 is 40.7 Å². The number of nitrogens with one attached hydrogen (secondary N) is 1. The van der Waals surface area contributed by atoms with Crippen LogP contribution in [0.15, 0.2) is 36.4 Å². The highest BCUT2D eigenvalue weighted by molar-refractivity contribution is 6.36. The van der Waals surface area contributed by atoms with Crippen LogP contribution in [0.3, 0.4) is 0 Å². The first-order valence-corrected chi connectivity index (χ1v) is 9.63. The third-order valence-electron chi connectivity index (χ3n) is 4.28. The summed E-state index contributed by atoms with van der Waals surface area (Å²) < 4.78 is 11.0. The highest BCUT2D eigenvalue weighted by Gasteiger charge is 2.19. The summed E-state index contributed by atoms with van der Waals surface area (Å²) in [5.74, 6) is 0.694. The van der Waals surface area contributed by atoms with Gasteiger partial charge in [-0.1, -0.05) is 29.3 Å². The van der Waals surface area contributed by atoms with Crippen molar-refractivity contribution in [3.05, 3.63) is 52.0 Å². The number of likely N-dealkylation sites (N-methyl/N-ethyl adjacent to an activating group) is 1. The molecule has 0 aliphatic carbocycles. The van der Waals surface area contributed by atoms with Gasteiger partial charge in [-0.3, -0.25) is 9.59 Å². The summed E-state index contributed by atoms with van der Waals surface area (Å²) in [7, 11) is 0. The van der Waals surface area contributed by atoms with E-state index in [0.29, 0.717) is 52.6 Å². The Morgan fingerprint density at radius 3 is 2.43 bits per heavy atom. The first kappa shape index (κ1) is 20.3. The fourth-order valence-corrected chi connectivity index (χ4v) is 3.37. The summed E-state index contributed by atoms with van der Waals surface area (Å²) >= 11 is 12.3. The highest BCUT2D eigenvalue weighted by Crippen LogP contribution is 2.32. The lowest BCUT2D eigenvalue weighted by Gasteiger charge is -2.22. The maximum atomic E-state index is 12.6. The molecule has 0 saturated heterocycles. The van der Waals surface area contributed by atoms with Gasteiger partial charge < -0.3 is 19.7 Å². The SMILES string of the molecule is CCN(CC(=O)Nc1ccc2c(c1)OCCO2)C(=O)Cc1c(Cl)cccc1Cl. The minimum atomic E-state index is -0.308. The standard InChI is InChI=1S/C20H20Cl2N2O4/c1-2-24(20(26)11-14-15(21)4-3-5-16(14)22)12-19(25)23-13-6-7-17-18(10-13)28-9-8-27-17/h3-7,10H,2,8-9,11-12H2,1H3,(H,23,25). The fraction of sp³-hybridized carbons (Fsp3) is 0.300. The van der Waals surface area contributed by atoms with E-state index >= 15 is 0 Å².